The van der Waals surface area contributed by atoms with Gasteiger partial charge >= 0.3 is 0 Å². The van der Waals surface area contributed by atoms with Gasteiger partial charge in [-0.3, -0.25) is 5.43 Å². The second-order valence-corrected chi connectivity index (χ2v) is 4.89. The lowest BCUT2D eigenvalue weighted by Gasteiger charge is -2.06. The molecule has 2 aromatic rings. The van der Waals surface area contributed by atoms with Gasteiger partial charge < -0.3 is 5.32 Å². The molecule has 2 N–H and O–H groups in total. The SMILES string of the molecule is Cc1cccc(NC(=S)N/N=C\C=C\c2ccccc2)c1. The summed E-state index contributed by atoms with van der Waals surface area (Å²) < 4.78 is 0. The first-order chi connectivity index (χ1) is 10.2. The molecule has 2 rings (SSSR count). The molecule has 0 saturated heterocycles. The number of hydrazone groups is 1. The smallest absolute Gasteiger partial charge is 0.191 e. The van der Waals surface area contributed by atoms with Crippen molar-refractivity contribution in [2.75, 3.05) is 5.32 Å². The predicted octanol–water partition coefficient (Wildman–Crippen LogP) is 3.98. The fraction of sp³-hybridized carbons (Fsp3) is 0.0588. The second kappa shape index (κ2) is 7.97. The van der Waals surface area contributed by atoms with E-state index >= 15 is 0 Å². The van der Waals surface area contributed by atoms with E-state index in [4.69, 9.17) is 12.2 Å². The van der Waals surface area contributed by atoms with Crippen LogP contribution in [0.1, 0.15) is 11.1 Å². The number of allylic oxidation sites excluding steroid dienone is 1. The summed E-state index contributed by atoms with van der Waals surface area (Å²) in [6.07, 6.45) is 5.50. The zero-order valence-electron chi connectivity index (χ0n) is 11.8. The number of benzene rings is 2. The van der Waals surface area contributed by atoms with Crippen molar-refractivity contribution in [2.24, 2.45) is 5.10 Å². The van der Waals surface area contributed by atoms with Crippen LogP contribution in [0, 0.1) is 6.92 Å². The van der Waals surface area contributed by atoms with Crippen molar-refractivity contribution < 1.29 is 0 Å². The normalized spacial score (nSPS) is 10.9. The summed E-state index contributed by atoms with van der Waals surface area (Å²) in [5.74, 6) is 0. The van der Waals surface area contributed by atoms with Crippen LogP contribution in [0.25, 0.3) is 6.08 Å². The Bertz CT molecular complexity index is 648. The summed E-state index contributed by atoms with van der Waals surface area (Å²) in [4.78, 5) is 0. The predicted molar refractivity (Wildman–Crippen MR) is 94.5 cm³/mol. The Kier molecular flexibility index (Phi) is 5.67. The Morgan fingerprint density at radius 3 is 2.67 bits per heavy atom. The second-order valence-electron chi connectivity index (χ2n) is 4.48. The lowest BCUT2D eigenvalue weighted by atomic mass is 10.2. The summed E-state index contributed by atoms with van der Waals surface area (Å²) in [6, 6.07) is 18.0. The first kappa shape index (κ1) is 14.9. The molecule has 0 aliphatic heterocycles. The van der Waals surface area contributed by atoms with E-state index in [9.17, 15) is 0 Å². The number of hydrogen-bond acceptors (Lipinski definition) is 2. The quantitative estimate of drug-likeness (QED) is 0.509. The number of nitrogens with zero attached hydrogens (tertiary/aromatic N) is 1. The molecule has 0 aromatic heterocycles. The lowest BCUT2D eigenvalue weighted by Crippen LogP contribution is -2.23. The molecule has 21 heavy (non-hydrogen) atoms. The van der Waals surface area contributed by atoms with Gasteiger partial charge in [-0.1, -0.05) is 48.5 Å². The van der Waals surface area contributed by atoms with Gasteiger partial charge in [-0.2, -0.15) is 5.10 Å². The average molecular weight is 295 g/mol. The first-order valence-electron chi connectivity index (χ1n) is 6.62. The van der Waals surface area contributed by atoms with Crippen LogP contribution >= 0.6 is 12.2 Å². The van der Waals surface area contributed by atoms with Crippen molar-refractivity contribution >= 4 is 35.3 Å². The monoisotopic (exact) mass is 295 g/mol. The lowest BCUT2D eigenvalue weighted by molar-refractivity contribution is 1.05. The molecule has 0 saturated carbocycles. The van der Waals surface area contributed by atoms with Crippen LogP contribution in [0.4, 0.5) is 5.69 Å². The number of thiocarbonyl (C=S) groups is 1. The number of nitrogens with one attached hydrogen (secondary N) is 2. The molecular weight excluding hydrogens is 278 g/mol. The van der Waals surface area contributed by atoms with Crippen molar-refractivity contribution in [1.29, 1.82) is 0 Å². The largest absolute Gasteiger partial charge is 0.331 e. The highest BCUT2D eigenvalue weighted by Crippen LogP contribution is 2.08. The van der Waals surface area contributed by atoms with Crippen molar-refractivity contribution in [3.63, 3.8) is 0 Å². The summed E-state index contributed by atoms with van der Waals surface area (Å²) in [6.45, 7) is 2.04. The van der Waals surface area contributed by atoms with E-state index in [-0.39, 0.29) is 0 Å². The molecule has 0 bridgehead atoms. The minimum absolute atomic E-state index is 0.463. The van der Waals surface area contributed by atoms with Gasteiger partial charge in [0.05, 0.1) is 0 Å². The Labute approximate surface area is 130 Å². The molecule has 0 heterocycles. The van der Waals surface area contributed by atoms with Crippen molar-refractivity contribution in [3.8, 4) is 0 Å². The molecular formula is C17H17N3S. The van der Waals surface area contributed by atoms with Gasteiger partial charge in [0.1, 0.15) is 0 Å². The van der Waals surface area contributed by atoms with E-state index in [0.29, 0.717) is 5.11 Å². The summed E-state index contributed by atoms with van der Waals surface area (Å²) >= 11 is 5.16. The summed E-state index contributed by atoms with van der Waals surface area (Å²) in [5, 5.41) is 7.58. The Balaban J connectivity index is 1.79. The molecule has 0 atom stereocenters. The van der Waals surface area contributed by atoms with E-state index in [1.165, 1.54) is 5.56 Å². The molecule has 0 aliphatic rings. The third-order valence-corrected chi connectivity index (χ3v) is 2.88. The third-order valence-electron chi connectivity index (χ3n) is 2.69. The fourth-order valence-corrected chi connectivity index (χ4v) is 1.91. The van der Waals surface area contributed by atoms with Crippen LogP contribution in [-0.2, 0) is 0 Å². The fourth-order valence-electron chi connectivity index (χ4n) is 1.74. The van der Waals surface area contributed by atoms with Crippen LogP contribution < -0.4 is 10.7 Å². The molecule has 4 heteroatoms. The van der Waals surface area contributed by atoms with Crippen LogP contribution in [0.2, 0.25) is 0 Å². The third kappa shape index (κ3) is 5.58. The zero-order valence-corrected chi connectivity index (χ0v) is 12.6. The Morgan fingerprint density at radius 2 is 1.90 bits per heavy atom. The Morgan fingerprint density at radius 1 is 1.10 bits per heavy atom. The van der Waals surface area contributed by atoms with Gasteiger partial charge in [0.15, 0.2) is 5.11 Å². The van der Waals surface area contributed by atoms with Gasteiger partial charge in [0.2, 0.25) is 0 Å². The van der Waals surface area contributed by atoms with Crippen LogP contribution in [-0.4, -0.2) is 11.3 Å². The van der Waals surface area contributed by atoms with Gasteiger partial charge in [-0.25, -0.2) is 0 Å². The van der Waals surface area contributed by atoms with Gasteiger partial charge in [0.25, 0.3) is 0 Å². The van der Waals surface area contributed by atoms with Gasteiger partial charge in [0, 0.05) is 11.9 Å². The van der Waals surface area contributed by atoms with Gasteiger partial charge in [-0.05, 0) is 48.5 Å². The minimum Gasteiger partial charge on any atom is -0.331 e. The van der Waals surface area contributed by atoms with Crippen molar-refractivity contribution in [1.82, 2.24) is 5.43 Å². The van der Waals surface area contributed by atoms with E-state index in [0.717, 1.165) is 11.3 Å². The topological polar surface area (TPSA) is 36.4 Å². The number of rotatable bonds is 4. The molecule has 2 aromatic carbocycles. The van der Waals surface area contributed by atoms with Crippen molar-refractivity contribution in [3.05, 3.63) is 71.8 Å². The average Bonchev–Trinajstić information content (AvgIpc) is 2.48. The first-order valence-corrected chi connectivity index (χ1v) is 7.03. The molecule has 0 unspecified atom stereocenters. The summed E-state index contributed by atoms with van der Waals surface area (Å²) in [7, 11) is 0. The molecule has 3 nitrogen and oxygen atoms in total. The highest BCUT2D eigenvalue weighted by Gasteiger charge is 1.95. The number of hydrogen-bond donors (Lipinski definition) is 2. The van der Waals surface area contributed by atoms with E-state index in [2.05, 4.69) is 15.8 Å². The van der Waals surface area contributed by atoms with Crippen LogP contribution in [0.3, 0.4) is 0 Å². The zero-order chi connectivity index (χ0) is 14.9. The maximum Gasteiger partial charge on any atom is 0.191 e. The standard InChI is InChI=1S/C17H17N3S/c1-14-7-5-11-16(13-14)19-17(21)20-18-12-6-10-15-8-3-2-4-9-15/h2-13H,1H3,(H2,19,20,21)/b10-6+,18-12-. The van der Waals surface area contributed by atoms with E-state index in [1.807, 2.05) is 73.7 Å². The molecule has 106 valence electrons. The molecule has 0 aliphatic carbocycles. The number of anilines is 1. The van der Waals surface area contributed by atoms with Crippen molar-refractivity contribution in [2.45, 2.75) is 6.92 Å². The van der Waals surface area contributed by atoms with Gasteiger partial charge in [-0.15, -0.1) is 0 Å². The molecule has 0 fully saturated rings. The highest BCUT2D eigenvalue weighted by molar-refractivity contribution is 7.80. The van der Waals surface area contributed by atoms with E-state index in [1.54, 1.807) is 6.21 Å². The molecule has 0 amide bonds. The maximum atomic E-state index is 5.16. The van der Waals surface area contributed by atoms with Crippen LogP contribution in [0.15, 0.2) is 65.8 Å². The van der Waals surface area contributed by atoms with E-state index < -0.39 is 0 Å². The molecule has 0 radical (unpaired) electrons. The number of aryl methyl sites for hydroxylation is 1. The van der Waals surface area contributed by atoms with Crippen LogP contribution in [0.5, 0.6) is 0 Å². The minimum atomic E-state index is 0.463. The highest BCUT2D eigenvalue weighted by atomic mass is 32.1. The molecule has 0 spiro atoms. The Hall–Kier alpha value is -2.46. The maximum absolute atomic E-state index is 5.16. The summed E-state index contributed by atoms with van der Waals surface area (Å²) in [5.41, 5.74) is 6.03.